The van der Waals surface area contributed by atoms with E-state index < -0.39 is 47.0 Å². The summed E-state index contributed by atoms with van der Waals surface area (Å²) in [6.45, 7) is 8.90. The van der Waals surface area contributed by atoms with Crippen LogP contribution in [0.4, 0.5) is 4.79 Å². The standard InChI is InChI=1S/C41H53N3O8S/c1-6-50-36(46)24-26-42-38(48)41(5,25-27-53-30-33-20-14-9-15-21-33)44(28-31-16-10-7-11-17-31)35(45)23-22-34(43-39(49)52-40(2,3)4)37(47)51-29-32-18-12-8-13-19-32/h7-21,34H,6,22-30H2,1-5H3,(H,42,48)(H,43,49)/t34-,41-/m0/s1. The molecule has 53 heavy (non-hydrogen) atoms. The van der Waals surface area contributed by atoms with Crippen molar-refractivity contribution < 1.29 is 38.2 Å². The zero-order chi connectivity index (χ0) is 38.7. The van der Waals surface area contributed by atoms with E-state index in [2.05, 4.69) is 10.6 Å². The summed E-state index contributed by atoms with van der Waals surface area (Å²) < 4.78 is 16.0. The van der Waals surface area contributed by atoms with Gasteiger partial charge in [-0.3, -0.25) is 14.4 Å². The molecule has 0 radical (unpaired) electrons. The van der Waals surface area contributed by atoms with E-state index in [1.807, 2.05) is 91.0 Å². The van der Waals surface area contributed by atoms with Crippen LogP contribution < -0.4 is 10.6 Å². The number of benzene rings is 3. The molecule has 0 spiro atoms. The second-order valence-corrected chi connectivity index (χ2v) is 14.8. The Kier molecular flexibility index (Phi) is 17.4. The Morgan fingerprint density at radius 3 is 1.94 bits per heavy atom. The second-order valence-electron chi connectivity index (χ2n) is 13.7. The molecule has 0 fully saturated rings. The van der Waals surface area contributed by atoms with E-state index in [-0.39, 0.29) is 45.6 Å². The van der Waals surface area contributed by atoms with Crippen LogP contribution in [0.1, 0.15) is 77.0 Å². The number of carbonyl (C=O) groups is 5. The van der Waals surface area contributed by atoms with Gasteiger partial charge in [0.1, 0.15) is 23.8 Å². The van der Waals surface area contributed by atoms with Crippen molar-refractivity contribution in [1.82, 2.24) is 15.5 Å². The number of esters is 2. The predicted molar refractivity (Wildman–Crippen MR) is 206 cm³/mol. The minimum absolute atomic E-state index is 0.0197. The number of thioether (sulfide) groups is 1. The van der Waals surface area contributed by atoms with Crippen molar-refractivity contribution in [3.8, 4) is 0 Å². The van der Waals surface area contributed by atoms with Crippen LogP contribution in [0.2, 0.25) is 0 Å². The zero-order valence-corrected chi connectivity index (χ0v) is 32.2. The molecule has 3 aromatic carbocycles. The summed E-state index contributed by atoms with van der Waals surface area (Å²) in [5, 5.41) is 5.45. The highest BCUT2D eigenvalue weighted by molar-refractivity contribution is 7.98. The number of nitrogens with one attached hydrogen (secondary N) is 2. The van der Waals surface area contributed by atoms with E-state index in [0.29, 0.717) is 12.2 Å². The Morgan fingerprint density at radius 2 is 1.36 bits per heavy atom. The van der Waals surface area contributed by atoms with Gasteiger partial charge in [-0.05, 0) is 69.9 Å². The van der Waals surface area contributed by atoms with Gasteiger partial charge in [-0.2, -0.15) is 11.8 Å². The van der Waals surface area contributed by atoms with Gasteiger partial charge in [0.25, 0.3) is 0 Å². The van der Waals surface area contributed by atoms with E-state index in [9.17, 15) is 24.0 Å². The summed E-state index contributed by atoms with van der Waals surface area (Å²) in [5.74, 6) is -0.721. The Bertz CT molecular complexity index is 1600. The minimum atomic E-state index is -1.35. The van der Waals surface area contributed by atoms with Crippen LogP contribution in [0.15, 0.2) is 91.0 Å². The molecular weight excluding hydrogens is 695 g/mol. The molecule has 0 aliphatic heterocycles. The normalized spacial score (nSPS) is 12.8. The molecule has 2 atom stereocenters. The molecule has 0 aliphatic carbocycles. The van der Waals surface area contributed by atoms with Crippen molar-refractivity contribution in [2.75, 3.05) is 18.9 Å². The van der Waals surface area contributed by atoms with Gasteiger partial charge in [0.2, 0.25) is 11.8 Å². The van der Waals surface area contributed by atoms with Crippen LogP contribution in [0.25, 0.3) is 0 Å². The van der Waals surface area contributed by atoms with Crippen molar-refractivity contribution in [2.45, 2.75) is 96.4 Å². The zero-order valence-electron chi connectivity index (χ0n) is 31.4. The summed E-state index contributed by atoms with van der Waals surface area (Å²) in [5.41, 5.74) is 0.517. The lowest BCUT2D eigenvalue weighted by molar-refractivity contribution is -0.150. The topological polar surface area (TPSA) is 140 Å². The molecule has 3 aromatic rings. The van der Waals surface area contributed by atoms with Crippen molar-refractivity contribution in [3.63, 3.8) is 0 Å². The Hall–Kier alpha value is -4.84. The smallest absolute Gasteiger partial charge is 0.408 e. The minimum Gasteiger partial charge on any atom is -0.466 e. The van der Waals surface area contributed by atoms with Crippen molar-refractivity contribution in [3.05, 3.63) is 108 Å². The molecule has 0 heterocycles. The number of hydrogen-bond donors (Lipinski definition) is 2. The predicted octanol–water partition coefficient (Wildman–Crippen LogP) is 6.58. The van der Waals surface area contributed by atoms with Crippen LogP contribution in [-0.2, 0) is 52.3 Å². The maximum atomic E-state index is 14.4. The van der Waals surface area contributed by atoms with E-state index in [1.54, 1.807) is 46.4 Å². The highest BCUT2D eigenvalue weighted by Gasteiger charge is 2.42. The summed E-state index contributed by atoms with van der Waals surface area (Å²) in [6, 6.07) is 27.2. The third kappa shape index (κ3) is 15.3. The van der Waals surface area contributed by atoms with Gasteiger partial charge >= 0.3 is 18.0 Å². The van der Waals surface area contributed by atoms with Crippen LogP contribution in [-0.4, -0.2) is 70.8 Å². The summed E-state index contributed by atoms with van der Waals surface area (Å²) in [6.07, 6.45) is -0.855. The molecule has 0 unspecified atom stereocenters. The number of alkyl carbamates (subject to hydrolysis) is 1. The summed E-state index contributed by atoms with van der Waals surface area (Å²) >= 11 is 1.64. The second kappa shape index (κ2) is 21.6. The van der Waals surface area contributed by atoms with E-state index in [0.717, 1.165) is 22.4 Å². The SMILES string of the molecule is CCOC(=O)CCNC(=O)[C@](C)(CCSCc1ccccc1)N(Cc1ccccc1)C(=O)CC[C@H](NC(=O)OC(C)(C)C)C(=O)OCc1ccccc1. The molecule has 0 saturated heterocycles. The number of nitrogens with zero attached hydrogens (tertiary/aromatic N) is 1. The fourth-order valence-electron chi connectivity index (χ4n) is 5.34. The third-order valence-electron chi connectivity index (χ3n) is 8.18. The molecule has 11 nitrogen and oxygen atoms in total. The van der Waals surface area contributed by atoms with Gasteiger partial charge in [-0.25, -0.2) is 9.59 Å². The maximum Gasteiger partial charge on any atom is 0.408 e. The number of hydrogen-bond acceptors (Lipinski definition) is 9. The molecule has 3 amide bonds. The van der Waals surface area contributed by atoms with Gasteiger partial charge in [0.15, 0.2) is 0 Å². The van der Waals surface area contributed by atoms with E-state index in [1.165, 1.54) is 4.90 Å². The van der Waals surface area contributed by atoms with Gasteiger partial charge in [0, 0.05) is 25.3 Å². The first-order valence-corrected chi connectivity index (χ1v) is 19.1. The summed E-state index contributed by atoms with van der Waals surface area (Å²) in [4.78, 5) is 68.4. The van der Waals surface area contributed by atoms with Crippen LogP contribution in [0, 0.1) is 0 Å². The van der Waals surface area contributed by atoms with E-state index in [4.69, 9.17) is 14.2 Å². The molecule has 3 rings (SSSR count). The van der Waals surface area contributed by atoms with Crippen molar-refractivity contribution in [2.24, 2.45) is 0 Å². The van der Waals surface area contributed by atoms with Gasteiger partial charge in [0.05, 0.1) is 13.0 Å². The maximum absolute atomic E-state index is 14.4. The van der Waals surface area contributed by atoms with Gasteiger partial charge in [-0.1, -0.05) is 91.0 Å². The number of rotatable bonds is 20. The molecular formula is C41H53N3O8S. The first-order chi connectivity index (χ1) is 25.3. The molecule has 2 N–H and O–H groups in total. The fraction of sp³-hybridized carbons (Fsp3) is 0.439. The quantitative estimate of drug-likeness (QED) is 0.0745. The van der Waals surface area contributed by atoms with E-state index >= 15 is 0 Å². The van der Waals surface area contributed by atoms with Crippen molar-refractivity contribution >= 4 is 41.6 Å². The Labute approximate surface area is 317 Å². The van der Waals surface area contributed by atoms with Gasteiger partial charge in [-0.15, -0.1) is 0 Å². The molecule has 0 aliphatic rings. The fourth-order valence-corrected chi connectivity index (χ4v) is 6.46. The largest absolute Gasteiger partial charge is 0.466 e. The lowest BCUT2D eigenvalue weighted by Gasteiger charge is -2.40. The van der Waals surface area contributed by atoms with Crippen LogP contribution in [0.5, 0.6) is 0 Å². The summed E-state index contributed by atoms with van der Waals surface area (Å²) in [7, 11) is 0. The first-order valence-electron chi connectivity index (χ1n) is 17.9. The number of ether oxygens (including phenoxy) is 3. The van der Waals surface area contributed by atoms with Crippen LogP contribution >= 0.6 is 11.8 Å². The molecule has 286 valence electrons. The van der Waals surface area contributed by atoms with Crippen molar-refractivity contribution in [1.29, 1.82) is 0 Å². The van der Waals surface area contributed by atoms with Crippen LogP contribution in [0.3, 0.4) is 0 Å². The Balaban J connectivity index is 1.87. The molecule has 0 aromatic heterocycles. The van der Waals surface area contributed by atoms with Gasteiger partial charge < -0.3 is 29.7 Å². The molecule has 12 heteroatoms. The highest BCUT2D eigenvalue weighted by Crippen LogP contribution is 2.28. The lowest BCUT2D eigenvalue weighted by atomic mass is 9.92. The number of carbonyl (C=O) groups excluding carboxylic acids is 5. The molecule has 0 saturated carbocycles. The monoisotopic (exact) mass is 747 g/mol. The lowest BCUT2D eigenvalue weighted by Crippen LogP contribution is -2.59. The Morgan fingerprint density at radius 1 is 0.774 bits per heavy atom. The first kappa shape index (κ1) is 42.6. The highest BCUT2D eigenvalue weighted by atomic mass is 32.2. The molecule has 0 bridgehead atoms. The average Bonchev–Trinajstić information content (AvgIpc) is 3.13. The average molecular weight is 748 g/mol. The number of amides is 3. The third-order valence-corrected chi connectivity index (χ3v) is 9.21.